The first-order valence-corrected chi connectivity index (χ1v) is 9.81. The van der Waals surface area contributed by atoms with Crippen LogP contribution >= 0.6 is 15.9 Å². The van der Waals surface area contributed by atoms with E-state index in [1.165, 1.54) is 0 Å². The number of benzene rings is 1. The lowest BCUT2D eigenvalue weighted by Gasteiger charge is -2.37. The van der Waals surface area contributed by atoms with Crippen LogP contribution in [0.1, 0.15) is 50.0 Å². The molecule has 1 aromatic rings. The van der Waals surface area contributed by atoms with Gasteiger partial charge in [-0.25, -0.2) is 0 Å². The van der Waals surface area contributed by atoms with Gasteiger partial charge in [0.1, 0.15) is 0 Å². The minimum atomic E-state index is -0.328. The van der Waals surface area contributed by atoms with Gasteiger partial charge in [0.25, 0.3) is 0 Å². The number of carbonyl (C=O) groups is 2. The van der Waals surface area contributed by atoms with Gasteiger partial charge >= 0.3 is 0 Å². The molecule has 26 heavy (non-hydrogen) atoms. The van der Waals surface area contributed by atoms with Crippen molar-refractivity contribution in [2.75, 3.05) is 6.79 Å². The highest BCUT2D eigenvalue weighted by atomic mass is 79.9. The number of rotatable bonds is 1. The van der Waals surface area contributed by atoms with Gasteiger partial charge in [-0.15, -0.1) is 0 Å². The van der Waals surface area contributed by atoms with Gasteiger partial charge in [-0.05, 0) is 43.4 Å². The highest BCUT2D eigenvalue weighted by molar-refractivity contribution is 9.10. The maximum atomic E-state index is 12.8. The fraction of sp³-hybridized carbons (Fsp3) is 0.400. The Morgan fingerprint density at radius 1 is 0.885 bits per heavy atom. The molecule has 0 amide bonds. The molecule has 2 aliphatic carbocycles. The molecule has 0 aromatic heterocycles. The molecule has 5 nitrogen and oxygen atoms in total. The van der Waals surface area contributed by atoms with Crippen molar-refractivity contribution in [3.05, 3.63) is 44.7 Å². The summed E-state index contributed by atoms with van der Waals surface area (Å²) in [5.41, 5.74) is 4.39. The fourth-order valence-electron chi connectivity index (χ4n) is 4.45. The normalized spacial score (nSPS) is 22.3. The van der Waals surface area contributed by atoms with Crippen molar-refractivity contribution < 1.29 is 19.1 Å². The summed E-state index contributed by atoms with van der Waals surface area (Å²) in [6.07, 6.45) is 4.49. The van der Waals surface area contributed by atoms with E-state index in [9.17, 15) is 9.59 Å². The van der Waals surface area contributed by atoms with Crippen LogP contribution in [-0.2, 0) is 9.59 Å². The van der Waals surface area contributed by atoms with Crippen LogP contribution in [0.2, 0.25) is 0 Å². The summed E-state index contributed by atoms with van der Waals surface area (Å²) in [4.78, 5) is 25.7. The summed E-state index contributed by atoms with van der Waals surface area (Å²) in [7, 11) is 0. The Hall–Kier alpha value is -2.08. The Bertz CT molecular complexity index is 873. The summed E-state index contributed by atoms with van der Waals surface area (Å²) in [5, 5.41) is 3.44. The van der Waals surface area contributed by atoms with Gasteiger partial charge < -0.3 is 14.8 Å². The van der Waals surface area contributed by atoms with Gasteiger partial charge in [-0.1, -0.05) is 15.9 Å². The number of allylic oxidation sites excluding steroid dienone is 4. The van der Waals surface area contributed by atoms with Gasteiger partial charge in [0.2, 0.25) is 6.79 Å². The highest BCUT2D eigenvalue weighted by Crippen LogP contribution is 2.49. The minimum Gasteiger partial charge on any atom is -0.454 e. The molecule has 1 aromatic carbocycles. The molecule has 0 saturated heterocycles. The van der Waals surface area contributed by atoms with Crippen molar-refractivity contribution in [2.45, 2.75) is 44.4 Å². The number of fused-ring (bicyclic) bond motifs is 1. The maximum Gasteiger partial charge on any atom is 0.231 e. The number of carbonyl (C=O) groups excluding carboxylic acids is 2. The maximum absolute atomic E-state index is 12.8. The Morgan fingerprint density at radius 2 is 1.46 bits per heavy atom. The van der Waals surface area contributed by atoms with E-state index in [4.69, 9.17) is 9.47 Å². The van der Waals surface area contributed by atoms with Crippen molar-refractivity contribution in [1.82, 2.24) is 5.32 Å². The topological polar surface area (TPSA) is 64.6 Å². The highest BCUT2D eigenvalue weighted by Gasteiger charge is 2.41. The first kappa shape index (κ1) is 16.1. The molecule has 5 rings (SSSR count). The molecular weight excluding hydrogens is 398 g/mol. The lowest BCUT2D eigenvalue weighted by Crippen LogP contribution is -2.36. The van der Waals surface area contributed by atoms with Crippen LogP contribution in [0.25, 0.3) is 0 Å². The molecule has 134 valence electrons. The van der Waals surface area contributed by atoms with E-state index < -0.39 is 0 Å². The summed E-state index contributed by atoms with van der Waals surface area (Å²) < 4.78 is 11.8. The van der Waals surface area contributed by atoms with Crippen molar-refractivity contribution in [3.8, 4) is 11.5 Å². The first-order chi connectivity index (χ1) is 12.6. The largest absolute Gasteiger partial charge is 0.454 e. The molecule has 6 heteroatoms. The Balaban J connectivity index is 1.73. The third-order valence-corrected chi connectivity index (χ3v) is 6.28. The molecule has 0 unspecified atom stereocenters. The Morgan fingerprint density at radius 3 is 2.08 bits per heavy atom. The van der Waals surface area contributed by atoms with Gasteiger partial charge in [0.15, 0.2) is 23.1 Å². The van der Waals surface area contributed by atoms with Gasteiger partial charge in [0.05, 0.1) is 0 Å². The van der Waals surface area contributed by atoms with E-state index in [0.29, 0.717) is 24.3 Å². The van der Waals surface area contributed by atoms with Gasteiger partial charge in [-0.3, -0.25) is 9.59 Å². The monoisotopic (exact) mass is 415 g/mol. The van der Waals surface area contributed by atoms with E-state index in [1.54, 1.807) is 0 Å². The van der Waals surface area contributed by atoms with Crippen LogP contribution in [0, 0.1) is 0 Å². The van der Waals surface area contributed by atoms with Crippen LogP contribution in [0.3, 0.4) is 0 Å². The second kappa shape index (κ2) is 5.98. The minimum absolute atomic E-state index is 0.137. The van der Waals surface area contributed by atoms with E-state index in [2.05, 4.69) is 21.2 Å². The smallest absolute Gasteiger partial charge is 0.231 e. The molecule has 0 saturated carbocycles. The zero-order chi connectivity index (χ0) is 17.8. The van der Waals surface area contributed by atoms with E-state index in [-0.39, 0.29) is 24.3 Å². The van der Waals surface area contributed by atoms with Crippen molar-refractivity contribution in [3.63, 3.8) is 0 Å². The van der Waals surface area contributed by atoms with Crippen molar-refractivity contribution in [2.24, 2.45) is 0 Å². The lowest BCUT2D eigenvalue weighted by molar-refractivity contribution is -0.116. The van der Waals surface area contributed by atoms with Crippen molar-refractivity contribution in [1.29, 1.82) is 0 Å². The number of ether oxygens (including phenoxy) is 2. The molecule has 1 N–H and O–H groups in total. The van der Waals surface area contributed by atoms with E-state index in [0.717, 1.165) is 58.3 Å². The average Bonchev–Trinajstić information content (AvgIpc) is 3.07. The summed E-state index contributed by atoms with van der Waals surface area (Å²) >= 11 is 3.63. The second-order valence-electron chi connectivity index (χ2n) is 7.12. The van der Waals surface area contributed by atoms with Crippen molar-refractivity contribution >= 4 is 27.5 Å². The third-order valence-electron chi connectivity index (χ3n) is 5.59. The lowest BCUT2D eigenvalue weighted by atomic mass is 9.71. The molecule has 2 heterocycles. The molecule has 0 fully saturated rings. The molecule has 4 aliphatic rings. The third kappa shape index (κ3) is 2.35. The number of dihydropyridines is 1. The van der Waals surface area contributed by atoms with Crippen LogP contribution in [0.5, 0.6) is 11.5 Å². The molecule has 0 atom stereocenters. The quantitative estimate of drug-likeness (QED) is 0.753. The Labute approximate surface area is 159 Å². The predicted molar refractivity (Wildman–Crippen MR) is 97.9 cm³/mol. The van der Waals surface area contributed by atoms with Crippen LogP contribution in [0.15, 0.2) is 39.1 Å². The van der Waals surface area contributed by atoms with Crippen LogP contribution in [0.4, 0.5) is 0 Å². The summed E-state index contributed by atoms with van der Waals surface area (Å²) in [6.45, 7) is 0.192. The summed E-state index contributed by atoms with van der Waals surface area (Å²) in [6, 6.07) is 3.79. The fourth-order valence-corrected chi connectivity index (χ4v) is 5.00. The molecule has 0 radical (unpaired) electrons. The SMILES string of the molecule is O=C1CCCC2=C1C(c1cc3c(cc1Br)OCO3)C1=C(CCCC1=O)N2. The zero-order valence-electron chi connectivity index (χ0n) is 14.2. The molecule has 2 aliphatic heterocycles. The first-order valence-electron chi connectivity index (χ1n) is 9.02. The number of nitrogens with one attached hydrogen (secondary N) is 1. The number of hydrogen-bond acceptors (Lipinski definition) is 5. The second-order valence-corrected chi connectivity index (χ2v) is 7.98. The number of Topliss-reactive ketones (excluding diaryl/α,β-unsaturated/α-hetero) is 2. The number of ketones is 2. The summed E-state index contributed by atoms with van der Waals surface area (Å²) in [5.74, 6) is 1.29. The number of hydrogen-bond donors (Lipinski definition) is 1. The van der Waals surface area contributed by atoms with Crippen LogP contribution in [-0.4, -0.2) is 18.4 Å². The van der Waals surface area contributed by atoms with E-state index in [1.807, 2.05) is 12.1 Å². The zero-order valence-corrected chi connectivity index (χ0v) is 15.8. The molecular formula is C20H18BrNO4. The van der Waals surface area contributed by atoms with Gasteiger partial charge in [-0.2, -0.15) is 0 Å². The molecule has 0 spiro atoms. The van der Waals surface area contributed by atoms with E-state index >= 15 is 0 Å². The standard InChI is InChI=1S/C20H18BrNO4/c21-11-8-17-16(25-9-26-17)7-10(11)18-19-12(3-1-5-14(19)23)22-13-4-2-6-15(24)20(13)18/h7-8,18,22H,1-6,9H2. The predicted octanol–water partition coefficient (Wildman–Crippen LogP) is 3.88. The van der Waals surface area contributed by atoms with Crippen LogP contribution < -0.4 is 14.8 Å². The molecule has 0 bridgehead atoms. The average molecular weight is 416 g/mol. The Kier molecular flexibility index (Phi) is 3.71. The number of halogens is 1. The van der Waals surface area contributed by atoms with Gasteiger partial charge in [0, 0.05) is 45.8 Å².